The van der Waals surface area contributed by atoms with E-state index in [9.17, 15) is 9.90 Å². The van der Waals surface area contributed by atoms with Gasteiger partial charge in [0, 0.05) is 11.5 Å². The molecule has 2 aliphatic rings. The summed E-state index contributed by atoms with van der Waals surface area (Å²) >= 11 is 0. The quantitative estimate of drug-likeness (QED) is 0.545. The molecule has 1 saturated heterocycles. The lowest BCUT2D eigenvalue weighted by Gasteiger charge is -2.51. The van der Waals surface area contributed by atoms with Crippen LogP contribution in [0.5, 0.6) is 11.5 Å². The normalized spacial score (nSPS) is 25.6. The van der Waals surface area contributed by atoms with E-state index in [0.29, 0.717) is 31.8 Å². The van der Waals surface area contributed by atoms with Crippen LogP contribution >= 0.6 is 0 Å². The Bertz CT molecular complexity index is 996. The summed E-state index contributed by atoms with van der Waals surface area (Å²) in [4.78, 5) is 12.3. The van der Waals surface area contributed by atoms with Crippen LogP contribution in [-0.2, 0) is 16.0 Å². The van der Waals surface area contributed by atoms with E-state index < -0.39 is 17.5 Å². The van der Waals surface area contributed by atoms with Gasteiger partial charge in [-0.2, -0.15) is 0 Å². The molecule has 33 heavy (non-hydrogen) atoms. The molecule has 1 fully saturated rings. The molecule has 0 spiro atoms. The Hall–Kier alpha value is -2.53. The number of fused-ring (bicyclic) bond motifs is 3. The zero-order chi connectivity index (χ0) is 23.8. The van der Waals surface area contributed by atoms with Gasteiger partial charge >= 0.3 is 5.97 Å². The van der Waals surface area contributed by atoms with Gasteiger partial charge in [-0.05, 0) is 63.1 Å². The standard InChI is InChI=1S/C28H36O5/c1-6-31-23-13-8-7-10-18(23)14-15-24-21(27(29)30)16-22-26(32-24)20-12-9-11-19(17(2)3)25(20)33-28(22,4)5/h7-13,17,21-22,24,26H,6,14-16H2,1-5H3,(H,29,30)/t21-,22-,24-,26+/m0/s1. The summed E-state index contributed by atoms with van der Waals surface area (Å²) in [6, 6.07) is 14.2. The summed E-state index contributed by atoms with van der Waals surface area (Å²) in [5.41, 5.74) is 2.80. The van der Waals surface area contributed by atoms with Crippen molar-refractivity contribution in [2.45, 2.75) is 77.6 Å². The van der Waals surface area contributed by atoms with Crippen molar-refractivity contribution in [1.29, 1.82) is 0 Å². The van der Waals surface area contributed by atoms with Crippen LogP contribution < -0.4 is 9.47 Å². The Labute approximate surface area is 197 Å². The average Bonchev–Trinajstić information content (AvgIpc) is 2.77. The number of hydrogen-bond acceptors (Lipinski definition) is 4. The predicted molar refractivity (Wildman–Crippen MR) is 128 cm³/mol. The second kappa shape index (κ2) is 9.38. The van der Waals surface area contributed by atoms with E-state index in [4.69, 9.17) is 14.2 Å². The number of carboxylic acid groups (broad SMARTS) is 1. The number of para-hydroxylation sites is 2. The minimum atomic E-state index is -0.797. The first-order valence-electron chi connectivity index (χ1n) is 12.1. The van der Waals surface area contributed by atoms with Gasteiger partial charge in [-0.3, -0.25) is 4.79 Å². The average molecular weight is 453 g/mol. The largest absolute Gasteiger partial charge is 0.494 e. The zero-order valence-corrected chi connectivity index (χ0v) is 20.3. The molecule has 5 nitrogen and oxygen atoms in total. The van der Waals surface area contributed by atoms with Gasteiger partial charge in [-0.15, -0.1) is 0 Å². The monoisotopic (exact) mass is 452 g/mol. The van der Waals surface area contributed by atoms with Crippen LogP contribution in [0.4, 0.5) is 0 Å². The van der Waals surface area contributed by atoms with E-state index in [2.05, 4.69) is 45.9 Å². The highest BCUT2D eigenvalue weighted by Gasteiger charge is 2.52. The van der Waals surface area contributed by atoms with Crippen LogP contribution in [-0.4, -0.2) is 29.4 Å². The first-order chi connectivity index (χ1) is 15.7. The van der Waals surface area contributed by atoms with Gasteiger partial charge in [-0.1, -0.05) is 50.2 Å². The van der Waals surface area contributed by atoms with E-state index in [1.54, 1.807) is 0 Å². The minimum absolute atomic E-state index is 0.0273. The molecule has 2 aromatic rings. The molecular weight excluding hydrogens is 416 g/mol. The summed E-state index contributed by atoms with van der Waals surface area (Å²) < 4.78 is 19.0. The topological polar surface area (TPSA) is 65.0 Å². The number of ether oxygens (including phenoxy) is 3. The maximum atomic E-state index is 12.3. The maximum Gasteiger partial charge on any atom is 0.309 e. The fourth-order valence-corrected chi connectivity index (χ4v) is 5.41. The molecule has 4 rings (SSSR count). The molecule has 2 aliphatic heterocycles. The molecule has 0 aromatic heterocycles. The summed E-state index contributed by atoms with van der Waals surface area (Å²) in [6.07, 6.45) is 1.33. The fourth-order valence-electron chi connectivity index (χ4n) is 5.41. The molecule has 0 unspecified atom stereocenters. The number of benzene rings is 2. The zero-order valence-electron chi connectivity index (χ0n) is 20.3. The van der Waals surface area contributed by atoms with Gasteiger partial charge < -0.3 is 19.3 Å². The van der Waals surface area contributed by atoms with Crippen LogP contribution in [0.15, 0.2) is 42.5 Å². The maximum absolute atomic E-state index is 12.3. The third kappa shape index (κ3) is 4.61. The van der Waals surface area contributed by atoms with Crippen LogP contribution in [0, 0.1) is 11.8 Å². The van der Waals surface area contributed by atoms with E-state index in [1.165, 1.54) is 5.56 Å². The molecule has 0 saturated carbocycles. The van der Waals surface area contributed by atoms with Crippen molar-refractivity contribution < 1.29 is 24.1 Å². The van der Waals surface area contributed by atoms with E-state index in [0.717, 1.165) is 22.6 Å². The number of aliphatic carboxylic acids is 1. The van der Waals surface area contributed by atoms with Crippen molar-refractivity contribution in [3.8, 4) is 11.5 Å². The van der Waals surface area contributed by atoms with Gasteiger partial charge in [0.25, 0.3) is 0 Å². The Morgan fingerprint density at radius 1 is 1.18 bits per heavy atom. The van der Waals surface area contributed by atoms with Crippen LogP contribution in [0.3, 0.4) is 0 Å². The predicted octanol–water partition coefficient (Wildman–Crippen LogP) is 6.16. The van der Waals surface area contributed by atoms with Crippen molar-refractivity contribution in [1.82, 2.24) is 0 Å². The van der Waals surface area contributed by atoms with E-state index in [1.807, 2.05) is 31.2 Å². The summed E-state index contributed by atoms with van der Waals surface area (Å²) in [5, 5.41) is 10.1. The Morgan fingerprint density at radius 3 is 2.64 bits per heavy atom. The van der Waals surface area contributed by atoms with Gasteiger partial charge in [-0.25, -0.2) is 0 Å². The molecule has 5 heteroatoms. The van der Waals surface area contributed by atoms with Crippen molar-refractivity contribution in [2.24, 2.45) is 11.8 Å². The van der Waals surface area contributed by atoms with Gasteiger partial charge in [0.05, 0.1) is 24.7 Å². The van der Waals surface area contributed by atoms with Gasteiger partial charge in [0.1, 0.15) is 17.1 Å². The lowest BCUT2D eigenvalue weighted by molar-refractivity contribution is -0.188. The highest BCUT2D eigenvalue weighted by atomic mass is 16.5. The highest BCUT2D eigenvalue weighted by molar-refractivity contribution is 5.71. The minimum Gasteiger partial charge on any atom is -0.494 e. The molecule has 4 atom stereocenters. The van der Waals surface area contributed by atoms with E-state index >= 15 is 0 Å². The third-order valence-corrected chi connectivity index (χ3v) is 7.19. The number of aryl methyl sites for hydroxylation is 1. The van der Waals surface area contributed by atoms with Crippen molar-refractivity contribution in [3.63, 3.8) is 0 Å². The lowest BCUT2D eigenvalue weighted by Crippen LogP contribution is -2.52. The Morgan fingerprint density at radius 2 is 1.94 bits per heavy atom. The second-order valence-corrected chi connectivity index (χ2v) is 10.1. The molecule has 1 N–H and O–H groups in total. The van der Waals surface area contributed by atoms with Gasteiger partial charge in [0.15, 0.2) is 0 Å². The number of carbonyl (C=O) groups is 1. The molecule has 178 valence electrons. The number of rotatable bonds is 7. The van der Waals surface area contributed by atoms with Crippen LogP contribution in [0.1, 0.15) is 76.2 Å². The second-order valence-electron chi connectivity index (χ2n) is 10.1. The number of hydrogen-bond donors (Lipinski definition) is 1. The summed E-state index contributed by atoms with van der Waals surface area (Å²) in [7, 11) is 0. The molecular formula is C28H36O5. The van der Waals surface area contributed by atoms with Crippen molar-refractivity contribution in [2.75, 3.05) is 6.61 Å². The highest BCUT2D eigenvalue weighted by Crippen LogP contribution is 2.54. The Kier molecular flexibility index (Phi) is 6.71. The molecule has 2 aromatic carbocycles. The van der Waals surface area contributed by atoms with Gasteiger partial charge in [0.2, 0.25) is 0 Å². The SMILES string of the molecule is CCOc1ccccc1CC[C@@H]1O[C@@H]2c3cccc(C(C)C)c3OC(C)(C)[C@H]2C[C@@H]1C(=O)O. The van der Waals surface area contributed by atoms with Crippen LogP contribution in [0.25, 0.3) is 0 Å². The lowest BCUT2D eigenvalue weighted by atomic mass is 9.71. The van der Waals surface area contributed by atoms with Crippen LogP contribution in [0.2, 0.25) is 0 Å². The molecule has 2 heterocycles. The summed E-state index contributed by atoms with van der Waals surface area (Å²) in [6.45, 7) is 11.0. The summed E-state index contributed by atoms with van der Waals surface area (Å²) in [5.74, 6) is 0.707. The van der Waals surface area contributed by atoms with E-state index in [-0.39, 0.29) is 18.1 Å². The first kappa shape index (κ1) is 23.6. The molecule has 0 radical (unpaired) electrons. The third-order valence-electron chi connectivity index (χ3n) is 7.19. The molecule has 0 bridgehead atoms. The number of carboxylic acids is 1. The smallest absolute Gasteiger partial charge is 0.309 e. The first-order valence-corrected chi connectivity index (χ1v) is 12.1. The molecule has 0 amide bonds. The van der Waals surface area contributed by atoms with Crippen molar-refractivity contribution in [3.05, 3.63) is 59.2 Å². The molecule has 0 aliphatic carbocycles. The van der Waals surface area contributed by atoms with Crippen molar-refractivity contribution >= 4 is 5.97 Å². The Balaban J connectivity index is 1.64. The fraction of sp³-hybridized carbons (Fsp3) is 0.536.